The Morgan fingerprint density at radius 1 is 1.07 bits per heavy atom. The van der Waals surface area contributed by atoms with Gasteiger partial charge in [-0.3, -0.25) is 9.59 Å². The predicted octanol–water partition coefficient (Wildman–Crippen LogP) is 2.98. The van der Waals surface area contributed by atoms with Crippen LogP contribution < -0.4 is 15.4 Å². The summed E-state index contributed by atoms with van der Waals surface area (Å²) in [5.74, 6) is -1.67. The van der Waals surface area contributed by atoms with Gasteiger partial charge in [-0.05, 0) is 49.9 Å². The minimum Gasteiger partial charge on any atom is -0.454 e. The van der Waals surface area contributed by atoms with Crippen LogP contribution in [0.3, 0.4) is 0 Å². The monoisotopic (exact) mass is 372 g/mol. The molecule has 6 nitrogen and oxygen atoms in total. The van der Waals surface area contributed by atoms with Crippen molar-refractivity contribution < 1.29 is 23.8 Å². The molecule has 0 bridgehead atoms. The summed E-state index contributed by atoms with van der Waals surface area (Å²) in [5.41, 5.74) is 0.354. The number of para-hydroxylation sites is 1. The Kier molecular flexibility index (Phi) is 6.03. The van der Waals surface area contributed by atoms with Gasteiger partial charge in [-0.2, -0.15) is 0 Å². The highest BCUT2D eigenvalue weighted by atomic mass is 19.1. The molecule has 0 heterocycles. The van der Waals surface area contributed by atoms with E-state index in [0.717, 1.165) is 12.8 Å². The highest BCUT2D eigenvalue weighted by molar-refractivity contribution is 6.39. The molecule has 0 aliphatic heterocycles. The van der Waals surface area contributed by atoms with Crippen LogP contribution in [-0.4, -0.2) is 29.1 Å². The summed E-state index contributed by atoms with van der Waals surface area (Å²) in [6.07, 6.45) is 2.27. The van der Waals surface area contributed by atoms with Crippen LogP contribution in [0.5, 0.6) is 11.5 Å². The van der Waals surface area contributed by atoms with Crippen molar-refractivity contribution in [3.63, 3.8) is 0 Å². The first kappa shape index (κ1) is 18.8. The van der Waals surface area contributed by atoms with Gasteiger partial charge in [0, 0.05) is 17.8 Å². The maximum Gasteiger partial charge on any atom is 0.313 e. The summed E-state index contributed by atoms with van der Waals surface area (Å²) in [4.78, 5) is 24.2. The normalized spacial score (nSPS) is 19.2. The van der Waals surface area contributed by atoms with Crippen LogP contribution >= 0.6 is 0 Å². The van der Waals surface area contributed by atoms with E-state index in [0.29, 0.717) is 24.3 Å². The number of aliphatic hydroxyl groups is 1. The Bertz CT molecular complexity index is 827. The molecule has 0 radical (unpaired) electrons. The predicted molar refractivity (Wildman–Crippen MR) is 98.0 cm³/mol. The van der Waals surface area contributed by atoms with E-state index in [1.807, 2.05) is 0 Å². The molecule has 142 valence electrons. The molecule has 2 unspecified atom stereocenters. The highest BCUT2D eigenvalue weighted by Crippen LogP contribution is 2.26. The minimum absolute atomic E-state index is 0.0644. The Morgan fingerprint density at radius 2 is 1.89 bits per heavy atom. The van der Waals surface area contributed by atoms with Crippen molar-refractivity contribution >= 4 is 17.5 Å². The van der Waals surface area contributed by atoms with Gasteiger partial charge in [0.05, 0.1) is 6.10 Å². The lowest BCUT2D eigenvalue weighted by Gasteiger charge is -2.26. The second-order valence-electron chi connectivity index (χ2n) is 6.51. The standard InChI is InChI=1S/C20H21FN2O4/c21-17-9-1-2-10-18(17)27-16-8-4-6-14(12-16)23-20(26)19(25)22-13-5-3-7-15(24)11-13/h1-2,4,6,8-10,12-13,15,24H,3,5,7,11H2,(H,22,25)(H,23,26). The fourth-order valence-electron chi connectivity index (χ4n) is 3.03. The van der Waals surface area contributed by atoms with Gasteiger partial charge < -0.3 is 20.5 Å². The van der Waals surface area contributed by atoms with Crippen molar-refractivity contribution in [2.24, 2.45) is 0 Å². The van der Waals surface area contributed by atoms with E-state index in [1.54, 1.807) is 30.3 Å². The number of benzene rings is 2. The summed E-state index contributed by atoms with van der Waals surface area (Å²) in [6.45, 7) is 0. The summed E-state index contributed by atoms with van der Waals surface area (Å²) < 4.78 is 19.1. The van der Waals surface area contributed by atoms with Crippen molar-refractivity contribution in [3.8, 4) is 11.5 Å². The summed E-state index contributed by atoms with van der Waals surface area (Å²) in [5, 5.41) is 14.8. The molecule has 0 spiro atoms. The number of aliphatic hydroxyl groups excluding tert-OH is 1. The van der Waals surface area contributed by atoms with Gasteiger partial charge in [0.1, 0.15) is 5.75 Å². The Labute approximate surface area is 156 Å². The number of carbonyl (C=O) groups excluding carboxylic acids is 2. The molecule has 0 saturated heterocycles. The van der Waals surface area contributed by atoms with Crippen molar-refractivity contribution in [3.05, 3.63) is 54.3 Å². The third-order valence-electron chi connectivity index (χ3n) is 4.34. The number of amides is 2. The number of carbonyl (C=O) groups is 2. The van der Waals surface area contributed by atoms with E-state index in [9.17, 15) is 19.1 Å². The molecule has 1 aliphatic carbocycles. The average molecular weight is 372 g/mol. The third-order valence-corrected chi connectivity index (χ3v) is 4.34. The zero-order valence-electron chi connectivity index (χ0n) is 14.7. The van der Waals surface area contributed by atoms with Crippen LogP contribution in [0.25, 0.3) is 0 Å². The molecular formula is C20H21FN2O4. The second kappa shape index (κ2) is 8.64. The smallest absolute Gasteiger partial charge is 0.313 e. The summed E-state index contributed by atoms with van der Waals surface area (Å²) >= 11 is 0. The molecule has 2 aromatic carbocycles. The minimum atomic E-state index is -0.807. The molecule has 3 rings (SSSR count). The lowest BCUT2D eigenvalue weighted by atomic mass is 9.93. The Hall–Kier alpha value is -2.93. The first-order valence-electron chi connectivity index (χ1n) is 8.83. The largest absolute Gasteiger partial charge is 0.454 e. The molecule has 0 aromatic heterocycles. The summed E-state index contributed by atoms with van der Waals surface area (Å²) in [6, 6.07) is 12.1. The van der Waals surface area contributed by atoms with Crippen LogP contribution in [0.15, 0.2) is 48.5 Å². The quantitative estimate of drug-likeness (QED) is 0.720. The van der Waals surface area contributed by atoms with Crippen LogP contribution in [-0.2, 0) is 9.59 Å². The van der Waals surface area contributed by atoms with Crippen molar-refractivity contribution in [2.45, 2.75) is 37.8 Å². The fraction of sp³-hybridized carbons (Fsp3) is 0.300. The van der Waals surface area contributed by atoms with Gasteiger partial charge in [0.2, 0.25) is 0 Å². The van der Waals surface area contributed by atoms with Gasteiger partial charge >= 0.3 is 11.8 Å². The Balaban J connectivity index is 1.59. The number of rotatable bonds is 4. The molecule has 1 aliphatic rings. The number of anilines is 1. The fourth-order valence-corrected chi connectivity index (χ4v) is 3.03. The molecule has 3 N–H and O–H groups in total. The van der Waals surface area contributed by atoms with E-state index < -0.39 is 23.7 Å². The lowest BCUT2D eigenvalue weighted by molar-refractivity contribution is -0.136. The lowest BCUT2D eigenvalue weighted by Crippen LogP contribution is -2.44. The highest BCUT2D eigenvalue weighted by Gasteiger charge is 2.24. The number of halogens is 1. The third kappa shape index (κ3) is 5.27. The Morgan fingerprint density at radius 3 is 2.67 bits per heavy atom. The van der Waals surface area contributed by atoms with Crippen molar-refractivity contribution in [1.82, 2.24) is 5.32 Å². The van der Waals surface area contributed by atoms with E-state index in [1.165, 1.54) is 18.2 Å². The molecule has 2 atom stereocenters. The van der Waals surface area contributed by atoms with Crippen molar-refractivity contribution in [1.29, 1.82) is 0 Å². The van der Waals surface area contributed by atoms with Gasteiger partial charge in [-0.15, -0.1) is 0 Å². The average Bonchev–Trinajstić information content (AvgIpc) is 2.64. The van der Waals surface area contributed by atoms with E-state index >= 15 is 0 Å². The first-order chi connectivity index (χ1) is 13.0. The van der Waals surface area contributed by atoms with Gasteiger partial charge in [0.15, 0.2) is 11.6 Å². The van der Waals surface area contributed by atoms with Crippen LogP contribution in [0, 0.1) is 5.82 Å². The van der Waals surface area contributed by atoms with Crippen LogP contribution in [0.4, 0.5) is 10.1 Å². The molecule has 2 amide bonds. The molecule has 27 heavy (non-hydrogen) atoms. The van der Waals surface area contributed by atoms with Gasteiger partial charge in [-0.1, -0.05) is 18.2 Å². The van der Waals surface area contributed by atoms with Crippen LogP contribution in [0.2, 0.25) is 0 Å². The van der Waals surface area contributed by atoms with Gasteiger partial charge in [-0.25, -0.2) is 4.39 Å². The SMILES string of the molecule is O=C(Nc1cccc(Oc2ccccc2F)c1)C(=O)NC1CCCC(O)C1. The molecule has 2 aromatic rings. The maximum absolute atomic E-state index is 13.7. The number of nitrogens with one attached hydrogen (secondary N) is 2. The number of hydrogen-bond acceptors (Lipinski definition) is 4. The van der Waals surface area contributed by atoms with E-state index in [4.69, 9.17) is 4.74 Å². The summed E-state index contributed by atoms with van der Waals surface area (Å²) in [7, 11) is 0. The molecular weight excluding hydrogens is 351 g/mol. The number of hydrogen-bond donors (Lipinski definition) is 3. The van der Waals surface area contributed by atoms with E-state index in [-0.39, 0.29) is 11.8 Å². The zero-order valence-corrected chi connectivity index (χ0v) is 14.7. The molecule has 1 fully saturated rings. The number of ether oxygens (including phenoxy) is 1. The van der Waals surface area contributed by atoms with E-state index in [2.05, 4.69) is 10.6 Å². The first-order valence-corrected chi connectivity index (χ1v) is 8.83. The van der Waals surface area contributed by atoms with Crippen LogP contribution in [0.1, 0.15) is 25.7 Å². The molecule has 1 saturated carbocycles. The van der Waals surface area contributed by atoms with Crippen molar-refractivity contribution in [2.75, 3.05) is 5.32 Å². The molecule has 7 heteroatoms. The second-order valence-corrected chi connectivity index (χ2v) is 6.51. The zero-order chi connectivity index (χ0) is 19.2. The maximum atomic E-state index is 13.7. The topological polar surface area (TPSA) is 87.7 Å². The van der Waals surface area contributed by atoms with Gasteiger partial charge in [0.25, 0.3) is 0 Å².